The van der Waals surface area contributed by atoms with Crippen molar-refractivity contribution < 1.29 is 19.6 Å². The number of benzene rings is 4. The Morgan fingerprint density at radius 3 is 2.15 bits per heavy atom. The minimum atomic E-state index is -1.10. The minimum absolute atomic E-state index is 0.0412. The van der Waals surface area contributed by atoms with Crippen molar-refractivity contribution in [1.29, 1.82) is 0 Å². The number of carbonyl (C=O) groups excluding carboxylic acids is 1. The van der Waals surface area contributed by atoms with E-state index in [9.17, 15) is 24.8 Å². The van der Waals surface area contributed by atoms with E-state index in [1.807, 2.05) is 44.2 Å². The largest absolute Gasteiger partial charge is 0.478 e. The highest BCUT2D eigenvalue weighted by atomic mass is 16.6. The summed E-state index contributed by atoms with van der Waals surface area (Å²) in [7, 11) is 0. The standard InChI is InChI=1S/C33H29N3O5/c1-18-8-7-9-19(2)32(18)35-27(37)15-13-22-12-14-26-31(30(33(38)39)24-10-5-6-11-25(24)34-26)29(22)28-20(3)16-23(36(40)41)17-21(28)4/h5-12,14,16-17H,13,15H2,1-4H3,(H,35,37)(H,38,39). The van der Waals surface area contributed by atoms with Crippen molar-refractivity contribution >= 4 is 45.1 Å². The van der Waals surface area contributed by atoms with Crippen LogP contribution in [0.25, 0.3) is 32.9 Å². The van der Waals surface area contributed by atoms with E-state index in [2.05, 4.69) is 5.32 Å². The molecule has 0 spiro atoms. The average Bonchev–Trinajstić information content (AvgIpc) is 2.92. The van der Waals surface area contributed by atoms with Crippen LogP contribution in [-0.4, -0.2) is 26.9 Å². The van der Waals surface area contributed by atoms with Gasteiger partial charge in [-0.25, -0.2) is 9.78 Å². The first-order valence-corrected chi connectivity index (χ1v) is 13.3. The Morgan fingerprint density at radius 2 is 1.51 bits per heavy atom. The molecular weight excluding hydrogens is 518 g/mol. The minimum Gasteiger partial charge on any atom is -0.478 e. The number of pyridine rings is 1. The number of carbonyl (C=O) groups is 2. The Hall–Kier alpha value is -5.11. The van der Waals surface area contributed by atoms with Crippen molar-refractivity contribution in [2.75, 3.05) is 5.32 Å². The van der Waals surface area contributed by atoms with E-state index in [-0.39, 0.29) is 23.6 Å². The van der Waals surface area contributed by atoms with E-state index in [1.54, 1.807) is 38.1 Å². The molecule has 1 heterocycles. The van der Waals surface area contributed by atoms with E-state index in [4.69, 9.17) is 4.98 Å². The Bertz CT molecular complexity index is 1850. The number of nitrogens with one attached hydrogen (secondary N) is 1. The summed E-state index contributed by atoms with van der Waals surface area (Å²) in [6, 6.07) is 19.5. The molecule has 0 radical (unpaired) electrons. The number of aromatic carboxylic acids is 1. The first-order valence-electron chi connectivity index (χ1n) is 13.3. The van der Waals surface area contributed by atoms with E-state index < -0.39 is 10.9 Å². The second-order valence-corrected chi connectivity index (χ2v) is 10.3. The van der Waals surface area contributed by atoms with Crippen LogP contribution in [0.2, 0.25) is 0 Å². The predicted octanol–water partition coefficient (Wildman–Crippen LogP) is 7.47. The van der Waals surface area contributed by atoms with Gasteiger partial charge in [-0.1, -0.05) is 42.5 Å². The maximum atomic E-state index is 13.1. The molecule has 5 aromatic rings. The molecule has 2 N–H and O–H groups in total. The number of aryl methyl sites for hydroxylation is 5. The smallest absolute Gasteiger partial charge is 0.337 e. The van der Waals surface area contributed by atoms with Crippen LogP contribution in [0.4, 0.5) is 11.4 Å². The molecule has 8 heteroatoms. The van der Waals surface area contributed by atoms with Crippen molar-refractivity contribution in [3.8, 4) is 11.1 Å². The van der Waals surface area contributed by atoms with Gasteiger partial charge in [0, 0.05) is 35.0 Å². The number of rotatable bonds is 7. The summed E-state index contributed by atoms with van der Waals surface area (Å²) in [6.07, 6.45) is 0.477. The quantitative estimate of drug-likeness (QED) is 0.124. The van der Waals surface area contributed by atoms with Crippen molar-refractivity contribution in [2.45, 2.75) is 40.5 Å². The summed E-state index contributed by atoms with van der Waals surface area (Å²) in [5.41, 5.74) is 7.19. The summed E-state index contributed by atoms with van der Waals surface area (Å²) in [4.78, 5) is 41.8. The van der Waals surface area contributed by atoms with Crippen molar-refractivity contribution in [2.24, 2.45) is 0 Å². The Balaban J connectivity index is 1.72. The number of hydrogen-bond acceptors (Lipinski definition) is 5. The van der Waals surface area contributed by atoms with Crippen LogP contribution in [0.5, 0.6) is 0 Å². The molecule has 4 aromatic carbocycles. The van der Waals surface area contributed by atoms with Crippen molar-refractivity contribution in [1.82, 2.24) is 4.98 Å². The fourth-order valence-electron chi connectivity index (χ4n) is 5.65. The summed E-state index contributed by atoms with van der Waals surface area (Å²) < 4.78 is 0. The van der Waals surface area contributed by atoms with E-state index >= 15 is 0 Å². The third kappa shape index (κ3) is 5.12. The number of carboxylic acids is 1. The monoisotopic (exact) mass is 547 g/mol. The van der Waals surface area contributed by atoms with E-state index in [0.717, 1.165) is 22.4 Å². The lowest BCUT2D eigenvalue weighted by Crippen LogP contribution is -2.14. The summed E-state index contributed by atoms with van der Waals surface area (Å²) in [6.45, 7) is 7.44. The number of para-hydroxylation sites is 2. The van der Waals surface area contributed by atoms with Gasteiger partial charge in [0.25, 0.3) is 5.69 Å². The van der Waals surface area contributed by atoms with Crippen LogP contribution >= 0.6 is 0 Å². The Kier molecular flexibility index (Phi) is 7.24. The number of carboxylic acid groups (broad SMARTS) is 1. The van der Waals surface area contributed by atoms with Gasteiger partial charge in [-0.15, -0.1) is 0 Å². The molecular formula is C33H29N3O5. The molecule has 0 aliphatic heterocycles. The van der Waals surface area contributed by atoms with Gasteiger partial charge in [0.2, 0.25) is 5.91 Å². The van der Waals surface area contributed by atoms with E-state index in [0.29, 0.717) is 50.5 Å². The molecule has 0 saturated heterocycles. The number of hydrogen-bond donors (Lipinski definition) is 2. The van der Waals surface area contributed by atoms with Gasteiger partial charge in [-0.05, 0) is 85.2 Å². The lowest BCUT2D eigenvalue weighted by atomic mass is 9.85. The zero-order valence-electron chi connectivity index (χ0n) is 23.2. The summed E-state index contributed by atoms with van der Waals surface area (Å²) in [5, 5.41) is 26.0. The molecule has 206 valence electrons. The van der Waals surface area contributed by atoms with Gasteiger partial charge in [0.15, 0.2) is 0 Å². The van der Waals surface area contributed by atoms with Gasteiger partial charge in [-0.2, -0.15) is 0 Å². The molecule has 0 saturated carbocycles. The van der Waals surface area contributed by atoms with Crippen LogP contribution in [0, 0.1) is 37.8 Å². The number of non-ortho nitro benzene ring substituents is 1. The average molecular weight is 548 g/mol. The molecule has 0 aliphatic rings. The maximum absolute atomic E-state index is 13.1. The van der Waals surface area contributed by atoms with Gasteiger partial charge in [0.05, 0.1) is 21.5 Å². The van der Waals surface area contributed by atoms with Crippen LogP contribution in [-0.2, 0) is 11.2 Å². The molecule has 0 atom stereocenters. The fourth-order valence-corrected chi connectivity index (χ4v) is 5.65. The number of nitro benzene ring substituents is 1. The van der Waals surface area contributed by atoms with Gasteiger partial charge >= 0.3 is 5.97 Å². The lowest BCUT2D eigenvalue weighted by Gasteiger charge is -2.20. The third-order valence-corrected chi connectivity index (χ3v) is 7.49. The number of amides is 1. The first kappa shape index (κ1) is 27.5. The Labute approximate surface area is 236 Å². The molecule has 5 rings (SSSR count). The molecule has 0 unspecified atom stereocenters. The van der Waals surface area contributed by atoms with Crippen LogP contribution < -0.4 is 5.32 Å². The molecule has 1 amide bonds. The van der Waals surface area contributed by atoms with Crippen molar-refractivity contribution in [3.05, 3.63) is 110 Å². The van der Waals surface area contributed by atoms with Crippen LogP contribution in [0.1, 0.15) is 44.6 Å². The summed E-state index contributed by atoms with van der Waals surface area (Å²) in [5.74, 6) is -1.27. The highest BCUT2D eigenvalue weighted by Gasteiger charge is 2.24. The molecule has 1 aromatic heterocycles. The highest BCUT2D eigenvalue weighted by molar-refractivity contribution is 6.18. The number of aromatic nitrogens is 1. The van der Waals surface area contributed by atoms with Crippen LogP contribution in [0.15, 0.2) is 66.7 Å². The number of fused-ring (bicyclic) bond motifs is 2. The van der Waals surface area contributed by atoms with Gasteiger partial charge in [-0.3, -0.25) is 14.9 Å². The fraction of sp³-hybridized carbons (Fsp3) is 0.182. The molecule has 41 heavy (non-hydrogen) atoms. The zero-order chi connectivity index (χ0) is 29.4. The summed E-state index contributed by atoms with van der Waals surface area (Å²) >= 11 is 0. The topological polar surface area (TPSA) is 122 Å². The molecule has 8 nitrogen and oxygen atoms in total. The zero-order valence-corrected chi connectivity index (χ0v) is 23.2. The Morgan fingerprint density at radius 1 is 0.854 bits per heavy atom. The molecule has 0 fully saturated rings. The van der Waals surface area contributed by atoms with Gasteiger partial charge in [0.1, 0.15) is 0 Å². The van der Waals surface area contributed by atoms with Crippen LogP contribution in [0.3, 0.4) is 0 Å². The third-order valence-electron chi connectivity index (χ3n) is 7.49. The maximum Gasteiger partial charge on any atom is 0.337 e. The molecule has 0 bridgehead atoms. The first-order chi connectivity index (χ1) is 19.6. The van der Waals surface area contributed by atoms with Gasteiger partial charge < -0.3 is 10.4 Å². The number of anilines is 1. The molecule has 0 aliphatic carbocycles. The highest BCUT2D eigenvalue weighted by Crippen LogP contribution is 2.41. The predicted molar refractivity (Wildman–Crippen MR) is 161 cm³/mol. The SMILES string of the molecule is Cc1cccc(C)c1NC(=O)CCc1ccc2nc3ccccc3c(C(=O)O)c2c1-c1c(C)cc([N+](=O)[O-])cc1C. The second kappa shape index (κ2) is 10.8. The normalized spacial score (nSPS) is 11.1. The number of nitrogens with zero attached hydrogens (tertiary/aromatic N) is 2. The van der Waals surface area contributed by atoms with E-state index in [1.165, 1.54) is 12.1 Å². The lowest BCUT2D eigenvalue weighted by molar-refractivity contribution is -0.384. The number of nitro groups is 1. The van der Waals surface area contributed by atoms with Crippen molar-refractivity contribution in [3.63, 3.8) is 0 Å². The second-order valence-electron chi connectivity index (χ2n) is 10.3.